The van der Waals surface area contributed by atoms with Crippen LogP contribution in [0.2, 0.25) is 0 Å². The van der Waals surface area contributed by atoms with Gasteiger partial charge in [-0.1, -0.05) is 12.1 Å². The Balaban J connectivity index is 2.23. The maximum absolute atomic E-state index is 10.8. The number of nitrogens with one attached hydrogen (secondary N) is 2. The summed E-state index contributed by atoms with van der Waals surface area (Å²) in [5.41, 5.74) is 3.75. The number of H-pyrrole nitrogens is 1. The molecule has 0 fully saturated rings. The van der Waals surface area contributed by atoms with Crippen molar-refractivity contribution >= 4 is 11.4 Å². The van der Waals surface area contributed by atoms with Crippen LogP contribution in [0.3, 0.4) is 0 Å². The van der Waals surface area contributed by atoms with Gasteiger partial charge < -0.3 is 5.32 Å². The van der Waals surface area contributed by atoms with E-state index in [2.05, 4.69) is 15.5 Å². The van der Waals surface area contributed by atoms with Crippen molar-refractivity contribution in [2.45, 2.75) is 26.8 Å². The highest BCUT2D eigenvalue weighted by molar-refractivity contribution is 5.53. The lowest BCUT2D eigenvalue weighted by Gasteiger charge is -2.15. The van der Waals surface area contributed by atoms with Crippen LogP contribution in [0.15, 0.2) is 24.3 Å². The number of hydrogen-bond acceptors (Lipinski definition) is 4. The SMILES string of the molecule is Cc1n[nH]c(C)c1NC(C)c1cccc([N+](=O)[O-])c1. The summed E-state index contributed by atoms with van der Waals surface area (Å²) in [5.74, 6) is 0. The zero-order valence-electron chi connectivity index (χ0n) is 11.1. The van der Waals surface area contributed by atoms with Crippen LogP contribution in [0.1, 0.15) is 29.9 Å². The molecular weight excluding hydrogens is 244 g/mol. The van der Waals surface area contributed by atoms with E-state index in [1.807, 2.05) is 26.8 Å². The fourth-order valence-electron chi connectivity index (χ4n) is 1.97. The van der Waals surface area contributed by atoms with E-state index in [1.165, 1.54) is 6.07 Å². The van der Waals surface area contributed by atoms with Crippen molar-refractivity contribution in [1.82, 2.24) is 10.2 Å². The number of nitro groups is 1. The Hall–Kier alpha value is -2.37. The zero-order chi connectivity index (χ0) is 14.0. The number of nitrogens with zero attached hydrogens (tertiary/aromatic N) is 2. The summed E-state index contributed by atoms with van der Waals surface area (Å²) in [6, 6.07) is 6.61. The Labute approximate surface area is 111 Å². The van der Waals surface area contributed by atoms with Crippen LogP contribution in [0, 0.1) is 24.0 Å². The fourth-order valence-corrected chi connectivity index (χ4v) is 1.97. The van der Waals surface area contributed by atoms with Gasteiger partial charge in [-0.05, 0) is 26.3 Å². The predicted molar refractivity (Wildman–Crippen MR) is 73.2 cm³/mol. The third-order valence-electron chi connectivity index (χ3n) is 3.07. The minimum absolute atomic E-state index is 0.0325. The summed E-state index contributed by atoms with van der Waals surface area (Å²) in [5, 5.41) is 21.1. The molecule has 1 aromatic carbocycles. The number of benzene rings is 1. The smallest absolute Gasteiger partial charge is 0.269 e. The molecule has 2 rings (SSSR count). The second kappa shape index (κ2) is 5.09. The first-order valence-corrected chi connectivity index (χ1v) is 6.01. The van der Waals surface area contributed by atoms with Gasteiger partial charge in [-0.2, -0.15) is 5.10 Å². The minimum Gasteiger partial charge on any atom is -0.376 e. The van der Waals surface area contributed by atoms with Crippen molar-refractivity contribution in [1.29, 1.82) is 0 Å². The monoisotopic (exact) mass is 260 g/mol. The number of rotatable bonds is 4. The Morgan fingerprint density at radius 3 is 2.74 bits per heavy atom. The van der Waals surface area contributed by atoms with Gasteiger partial charge in [0.15, 0.2) is 0 Å². The van der Waals surface area contributed by atoms with Gasteiger partial charge in [-0.25, -0.2) is 0 Å². The van der Waals surface area contributed by atoms with Gasteiger partial charge in [0.05, 0.1) is 22.0 Å². The molecule has 1 aromatic heterocycles. The molecule has 0 saturated heterocycles. The van der Waals surface area contributed by atoms with E-state index in [9.17, 15) is 10.1 Å². The first-order valence-electron chi connectivity index (χ1n) is 6.01. The van der Waals surface area contributed by atoms with Gasteiger partial charge >= 0.3 is 0 Å². The number of aryl methyl sites for hydroxylation is 2. The maximum atomic E-state index is 10.8. The molecule has 0 aliphatic carbocycles. The second-order valence-corrected chi connectivity index (χ2v) is 4.53. The van der Waals surface area contributed by atoms with Crippen molar-refractivity contribution in [3.05, 3.63) is 51.3 Å². The molecule has 0 aliphatic heterocycles. The molecule has 0 saturated carbocycles. The standard InChI is InChI=1S/C13H16N4O2/c1-8(14-13-9(2)15-16-10(13)3)11-5-4-6-12(7-11)17(18)19/h4-8,14H,1-3H3,(H,15,16). The van der Waals surface area contributed by atoms with E-state index in [0.717, 1.165) is 22.6 Å². The van der Waals surface area contributed by atoms with Crippen LogP contribution in [-0.2, 0) is 0 Å². The first-order chi connectivity index (χ1) is 8.99. The molecule has 1 unspecified atom stereocenters. The molecule has 1 heterocycles. The second-order valence-electron chi connectivity index (χ2n) is 4.53. The van der Waals surface area contributed by atoms with Crippen molar-refractivity contribution in [2.24, 2.45) is 0 Å². The molecule has 1 atom stereocenters. The van der Waals surface area contributed by atoms with Gasteiger partial charge in [0, 0.05) is 18.2 Å². The van der Waals surface area contributed by atoms with Gasteiger partial charge in [0.25, 0.3) is 5.69 Å². The summed E-state index contributed by atoms with van der Waals surface area (Å²) in [4.78, 5) is 10.4. The normalized spacial score (nSPS) is 12.2. The van der Waals surface area contributed by atoms with E-state index in [0.29, 0.717) is 0 Å². The topological polar surface area (TPSA) is 83.8 Å². The molecule has 0 bridgehead atoms. The van der Waals surface area contributed by atoms with Gasteiger partial charge in [0.2, 0.25) is 0 Å². The molecule has 0 spiro atoms. The average molecular weight is 260 g/mol. The van der Waals surface area contributed by atoms with Crippen LogP contribution in [0.5, 0.6) is 0 Å². The number of non-ortho nitro benzene ring substituents is 1. The maximum Gasteiger partial charge on any atom is 0.269 e. The van der Waals surface area contributed by atoms with Crippen LogP contribution < -0.4 is 5.32 Å². The van der Waals surface area contributed by atoms with E-state index in [-0.39, 0.29) is 16.7 Å². The van der Waals surface area contributed by atoms with Gasteiger partial charge in [-0.15, -0.1) is 0 Å². The highest BCUT2D eigenvalue weighted by atomic mass is 16.6. The summed E-state index contributed by atoms with van der Waals surface area (Å²) in [6.45, 7) is 5.80. The predicted octanol–water partition coefficient (Wildman–Crippen LogP) is 3.11. The van der Waals surface area contributed by atoms with E-state index in [1.54, 1.807) is 12.1 Å². The van der Waals surface area contributed by atoms with E-state index < -0.39 is 0 Å². The third kappa shape index (κ3) is 2.73. The van der Waals surface area contributed by atoms with Gasteiger partial charge in [0.1, 0.15) is 0 Å². The first kappa shape index (κ1) is 13.1. The average Bonchev–Trinajstić information content (AvgIpc) is 2.70. The van der Waals surface area contributed by atoms with Gasteiger partial charge in [-0.3, -0.25) is 15.2 Å². The highest BCUT2D eigenvalue weighted by Gasteiger charge is 2.13. The Bertz CT molecular complexity index is 587. The molecule has 2 aromatic rings. The summed E-state index contributed by atoms with van der Waals surface area (Å²) >= 11 is 0. The number of nitro benzene ring substituents is 1. The molecule has 100 valence electrons. The molecule has 0 radical (unpaired) electrons. The van der Waals surface area contributed by atoms with Crippen LogP contribution in [-0.4, -0.2) is 15.1 Å². The Kier molecular flexibility index (Phi) is 3.50. The molecule has 0 amide bonds. The van der Waals surface area contributed by atoms with Crippen LogP contribution in [0.4, 0.5) is 11.4 Å². The van der Waals surface area contributed by atoms with Crippen molar-refractivity contribution in [3.63, 3.8) is 0 Å². The summed E-state index contributed by atoms with van der Waals surface area (Å²) in [6.07, 6.45) is 0. The fraction of sp³-hybridized carbons (Fsp3) is 0.308. The molecule has 19 heavy (non-hydrogen) atoms. The molecule has 2 N–H and O–H groups in total. The van der Waals surface area contributed by atoms with Crippen molar-refractivity contribution in [2.75, 3.05) is 5.32 Å². The lowest BCUT2D eigenvalue weighted by atomic mass is 10.1. The number of hydrogen-bond donors (Lipinski definition) is 2. The highest BCUT2D eigenvalue weighted by Crippen LogP contribution is 2.25. The lowest BCUT2D eigenvalue weighted by Crippen LogP contribution is -2.08. The Morgan fingerprint density at radius 1 is 1.42 bits per heavy atom. The largest absolute Gasteiger partial charge is 0.376 e. The number of aromatic nitrogens is 2. The summed E-state index contributed by atoms with van der Waals surface area (Å²) in [7, 11) is 0. The van der Waals surface area contributed by atoms with Crippen molar-refractivity contribution < 1.29 is 4.92 Å². The van der Waals surface area contributed by atoms with E-state index in [4.69, 9.17) is 0 Å². The van der Waals surface area contributed by atoms with Crippen LogP contribution >= 0.6 is 0 Å². The quantitative estimate of drug-likeness (QED) is 0.653. The molecular formula is C13H16N4O2. The third-order valence-corrected chi connectivity index (χ3v) is 3.07. The zero-order valence-corrected chi connectivity index (χ0v) is 11.1. The lowest BCUT2D eigenvalue weighted by molar-refractivity contribution is -0.384. The number of aromatic amines is 1. The minimum atomic E-state index is -0.384. The number of anilines is 1. The molecule has 0 aliphatic rings. The molecule has 6 heteroatoms. The van der Waals surface area contributed by atoms with E-state index >= 15 is 0 Å². The molecule has 6 nitrogen and oxygen atoms in total. The van der Waals surface area contributed by atoms with Crippen molar-refractivity contribution in [3.8, 4) is 0 Å². The van der Waals surface area contributed by atoms with Crippen LogP contribution in [0.25, 0.3) is 0 Å². The Morgan fingerprint density at radius 2 is 2.16 bits per heavy atom. The summed E-state index contributed by atoms with van der Waals surface area (Å²) < 4.78 is 0.